The zero-order chi connectivity index (χ0) is 13.7. The monoisotopic (exact) mass is 267 g/mol. The number of likely N-dealkylation sites (tertiary alicyclic amines) is 1. The highest BCUT2D eigenvalue weighted by molar-refractivity contribution is 5.74. The van der Waals surface area contributed by atoms with Gasteiger partial charge in [0.1, 0.15) is 0 Å². The molecular formula is C15H29N3O. The molecule has 1 saturated heterocycles. The summed E-state index contributed by atoms with van der Waals surface area (Å²) in [6.07, 6.45) is 8.62. The number of piperidine rings is 1. The number of nitrogens with two attached hydrogens (primary N) is 1. The molecule has 1 aliphatic heterocycles. The van der Waals surface area contributed by atoms with E-state index in [9.17, 15) is 4.79 Å². The molecule has 1 saturated carbocycles. The van der Waals surface area contributed by atoms with Gasteiger partial charge in [0.05, 0.1) is 0 Å². The molecule has 0 aromatic rings. The molecule has 19 heavy (non-hydrogen) atoms. The van der Waals surface area contributed by atoms with Crippen molar-refractivity contribution >= 4 is 6.03 Å². The van der Waals surface area contributed by atoms with Gasteiger partial charge in [-0.1, -0.05) is 26.2 Å². The molecule has 2 rings (SSSR count). The fourth-order valence-corrected chi connectivity index (χ4v) is 3.37. The smallest absolute Gasteiger partial charge is 0.317 e. The Kier molecular flexibility index (Phi) is 5.49. The Balaban J connectivity index is 1.81. The first-order valence-corrected chi connectivity index (χ1v) is 7.96. The van der Waals surface area contributed by atoms with Crippen LogP contribution in [0.3, 0.4) is 0 Å². The zero-order valence-electron chi connectivity index (χ0n) is 12.2. The number of carbonyl (C=O) groups is 1. The molecule has 0 aromatic carbocycles. The fourth-order valence-electron chi connectivity index (χ4n) is 3.37. The second-order valence-electron chi connectivity index (χ2n) is 6.36. The van der Waals surface area contributed by atoms with Crippen molar-refractivity contribution in [1.29, 1.82) is 0 Å². The number of hydrogen-bond acceptors (Lipinski definition) is 2. The molecule has 0 aromatic heterocycles. The van der Waals surface area contributed by atoms with Gasteiger partial charge in [-0.25, -0.2) is 4.79 Å². The Labute approximate surface area is 117 Å². The van der Waals surface area contributed by atoms with Crippen LogP contribution in [0.25, 0.3) is 0 Å². The highest BCUT2D eigenvalue weighted by atomic mass is 16.2. The van der Waals surface area contributed by atoms with E-state index in [2.05, 4.69) is 12.2 Å². The molecule has 2 fully saturated rings. The Morgan fingerprint density at radius 3 is 2.42 bits per heavy atom. The van der Waals surface area contributed by atoms with Gasteiger partial charge in [0, 0.05) is 25.7 Å². The number of hydrogen-bond donors (Lipinski definition) is 2. The largest absolute Gasteiger partial charge is 0.334 e. The van der Waals surface area contributed by atoms with Crippen LogP contribution in [0.5, 0.6) is 0 Å². The third-order valence-electron chi connectivity index (χ3n) is 4.85. The minimum atomic E-state index is 0.105. The number of rotatable bonds is 3. The molecule has 4 heteroatoms. The molecule has 0 spiro atoms. The summed E-state index contributed by atoms with van der Waals surface area (Å²) < 4.78 is 0. The highest BCUT2D eigenvalue weighted by Crippen LogP contribution is 2.26. The van der Waals surface area contributed by atoms with E-state index in [-0.39, 0.29) is 12.1 Å². The number of nitrogens with one attached hydrogen (secondary N) is 1. The molecule has 1 heterocycles. The predicted molar refractivity (Wildman–Crippen MR) is 77.9 cm³/mol. The van der Waals surface area contributed by atoms with E-state index in [1.54, 1.807) is 0 Å². The molecule has 2 amide bonds. The molecule has 0 radical (unpaired) electrons. The molecular weight excluding hydrogens is 238 g/mol. The van der Waals surface area contributed by atoms with Crippen molar-refractivity contribution in [2.24, 2.45) is 17.6 Å². The van der Waals surface area contributed by atoms with E-state index in [0.29, 0.717) is 12.5 Å². The first-order chi connectivity index (χ1) is 9.20. The lowest BCUT2D eigenvalue weighted by Crippen LogP contribution is -2.52. The molecule has 0 bridgehead atoms. The van der Waals surface area contributed by atoms with Gasteiger partial charge in [0.25, 0.3) is 0 Å². The van der Waals surface area contributed by atoms with Crippen LogP contribution in [0, 0.1) is 11.8 Å². The average Bonchev–Trinajstić information content (AvgIpc) is 2.46. The Morgan fingerprint density at radius 1 is 1.21 bits per heavy atom. The first-order valence-electron chi connectivity index (χ1n) is 7.96. The summed E-state index contributed by atoms with van der Waals surface area (Å²) in [5.74, 6) is 1.35. The second-order valence-corrected chi connectivity index (χ2v) is 6.36. The lowest BCUT2D eigenvalue weighted by Gasteiger charge is -2.34. The van der Waals surface area contributed by atoms with Crippen LogP contribution < -0.4 is 11.1 Å². The summed E-state index contributed by atoms with van der Waals surface area (Å²) in [6.45, 7) is 4.63. The summed E-state index contributed by atoms with van der Waals surface area (Å²) in [7, 11) is 0. The Morgan fingerprint density at radius 2 is 1.84 bits per heavy atom. The molecule has 1 aliphatic carbocycles. The van der Waals surface area contributed by atoms with E-state index < -0.39 is 0 Å². The fraction of sp³-hybridized carbons (Fsp3) is 0.933. The summed E-state index contributed by atoms with van der Waals surface area (Å²) in [6, 6.07) is 0.278. The standard InChI is InChI=1S/C15H29N3O/c1-12-7-9-18(10-8-12)15(19)17-14(11-16)13-5-3-2-4-6-13/h12-14H,2-11,16H2,1H3,(H,17,19). The number of nitrogens with zero attached hydrogens (tertiary/aromatic N) is 1. The van der Waals surface area contributed by atoms with Gasteiger partial charge in [0.2, 0.25) is 0 Å². The Bertz CT molecular complexity index is 281. The molecule has 1 atom stereocenters. The van der Waals surface area contributed by atoms with E-state index in [4.69, 9.17) is 5.73 Å². The van der Waals surface area contributed by atoms with Crippen molar-refractivity contribution in [2.75, 3.05) is 19.6 Å². The maximum atomic E-state index is 12.3. The number of amides is 2. The van der Waals surface area contributed by atoms with Crippen molar-refractivity contribution in [2.45, 2.75) is 57.9 Å². The average molecular weight is 267 g/mol. The van der Waals surface area contributed by atoms with Crippen LogP contribution in [0.2, 0.25) is 0 Å². The lowest BCUT2D eigenvalue weighted by molar-refractivity contribution is 0.163. The van der Waals surface area contributed by atoms with E-state index in [0.717, 1.165) is 31.8 Å². The molecule has 3 N–H and O–H groups in total. The summed E-state index contributed by atoms with van der Waals surface area (Å²) in [5.41, 5.74) is 5.87. The van der Waals surface area contributed by atoms with E-state index in [1.807, 2.05) is 4.90 Å². The number of carbonyl (C=O) groups excluding carboxylic acids is 1. The van der Waals surface area contributed by atoms with Crippen LogP contribution in [-0.4, -0.2) is 36.6 Å². The maximum absolute atomic E-state index is 12.3. The summed E-state index contributed by atoms with van der Waals surface area (Å²) in [5, 5.41) is 3.18. The van der Waals surface area contributed by atoms with Gasteiger partial charge in [-0.15, -0.1) is 0 Å². The van der Waals surface area contributed by atoms with Gasteiger partial charge >= 0.3 is 6.03 Å². The van der Waals surface area contributed by atoms with Gasteiger partial charge < -0.3 is 16.0 Å². The predicted octanol–water partition coefficient (Wildman–Crippen LogP) is 2.34. The molecule has 4 nitrogen and oxygen atoms in total. The normalized spacial score (nSPS) is 24.2. The minimum absolute atomic E-state index is 0.105. The lowest BCUT2D eigenvalue weighted by atomic mass is 9.84. The zero-order valence-corrected chi connectivity index (χ0v) is 12.2. The van der Waals surface area contributed by atoms with Crippen LogP contribution in [-0.2, 0) is 0 Å². The maximum Gasteiger partial charge on any atom is 0.317 e. The quantitative estimate of drug-likeness (QED) is 0.824. The van der Waals surface area contributed by atoms with Crippen LogP contribution in [0.1, 0.15) is 51.9 Å². The summed E-state index contributed by atoms with van der Waals surface area (Å²) >= 11 is 0. The molecule has 2 aliphatic rings. The van der Waals surface area contributed by atoms with Gasteiger partial charge in [0.15, 0.2) is 0 Å². The third kappa shape index (κ3) is 4.10. The van der Waals surface area contributed by atoms with Gasteiger partial charge in [-0.2, -0.15) is 0 Å². The first kappa shape index (κ1) is 14.6. The molecule has 110 valence electrons. The number of urea groups is 1. The second kappa shape index (κ2) is 7.13. The van der Waals surface area contributed by atoms with Crippen molar-refractivity contribution < 1.29 is 4.79 Å². The van der Waals surface area contributed by atoms with Crippen molar-refractivity contribution in [3.05, 3.63) is 0 Å². The van der Waals surface area contributed by atoms with Crippen LogP contribution in [0.15, 0.2) is 0 Å². The Hall–Kier alpha value is -0.770. The van der Waals surface area contributed by atoms with Gasteiger partial charge in [-0.3, -0.25) is 0 Å². The highest BCUT2D eigenvalue weighted by Gasteiger charge is 2.27. The van der Waals surface area contributed by atoms with E-state index >= 15 is 0 Å². The molecule has 1 unspecified atom stereocenters. The summed E-state index contributed by atoms with van der Waals surface area (Å²) in [4.78, 5) is 14.2. The topological polar surface area (TPSA) is 58.4 Å². The van der Waals surface area contributed by atoms with Crippen LogP contribution >= 0.6 is 0 Å². The van der Waals surface area contributed by atoms with E-state index in [1.165, 1.54) is 32.1 Å². The third-order valence-corrected chi connectivity index (χ3v) is 4.85. The van der Waals surface area contributed by atoms with Crippen molar-refractivity contribution in [1.82, 2.24) is 10.2 Å². The van der Waals surface area contributed by atoms with Gasteiger partial charge in [-0.05, 0) is 37.5 Å². The van der Waals surface area contributed by atoms with Crippen molar-refractivity contribution in [3.8, 4) is 0 Å². The minimum Gasteiger partial charge on any atom is -0.334 e. The van der Waals surface area contributed by atoms with Crippen LogP contribution in [0.4, 0.5) is 4.79 Å². The van der Waals surface area contributed by atoms with Crippen molar-refractivity contribution in [3.63, 3.8) is 0 Å². The SMILES string of the molecule is CC1CCN(C(=O)NC(CN)C2CCCCC2)CC1.